The van der Waals surface area contributed by atoms with E-state index >= 15 is 0 Å². The van der Waals surface area contributed by atoms with Crippen LogP contribution >= 0.6 is 24.8 Å². The van der Waals surface area contributed by atoms with Crippen molar-refractivity contribution in [3.63, 3.8) is 0 Å². The number of hydrogen-bond donors (Lipinski definition) is 1. The summed E-state index contributed by atoms with van der Waals surface area (Å²) >= 11 is 0. The zero-order valence-electron chi connectivity index (χ0n) is 16.5. The number of carbonyl (C=O) groups excluding carboxylic acids is 1. The summed E-state index contributed by atoms with van der Waals surface area (Å²) in [4.78, 5) is 19.4. The maximum Gasteiger partial charge on any atom is 0.224 e. The van der Waals surface area contributed by atoms with Gasteiger partial charge in [-0.3, -0.25) is 9.69 Å². The molecule has 2 aliphatic heterocycles. The SMILES string of the molecule is Cc1cccc(N2CCN(CCC(=O)N3CC(CN)CC3C)CC2)c1.Cl.Cl. The molecule has 1 aromatic rings. The van der Waals surface area contributed by atoms with Gasteiger partial charge in [-0.1, -0.05) is 12.1 Å². The van der Waals surface area contributed by atoms with Crippen molar-refractivity contribution < 1.29 is 4.79 Å². The van der Waals surface area contributed by atoms with Gasteiger partial charge in [-0.2, -0.15) is 0 Å². The van der Waals surface area contributed by atoms with Gasteiger partial charge in [0.05, 0.1) is 0 Å². The third kappa shape index (κ3) is 6.24. The summed E-state index contributed by atoms with van der Waals surface area (Å²) in [5.74, 6) is 0.779. The summed E-state index contributed by atoms with van der Waals surface area (Å²) in [6, 6.07) is 9.05. The maximum absolute atomic E-state index is 12.5. The molecular formula is C20H34Cl2N4O. The molecule has 0 saturated carbocycles. The van der Waals surface area contributed by atoms with Gasteiger partial charge in [0, 0.05) is 57.4 Å². The lowest BCUT2D eigenvalue weighted by Gasteiger charge is -2.36. The van der Waals surface area contributed by atoms with Crippen molar-refractivity contribution in [1.29, 1.82) is 0 Å². The lowest BCUT2D eigenvalue weighted by atomic mass is 10.1. The number of rotatable bonds is 5. The Bertz CT molecular complexity index is 593. The maximum atomic E-state index is 12.5. The number of benzene rings is 1. The Morgan fingerprint density at radius 1 is 1.19 bits per heavy atom. The van der Waals surface area contributed by atoms with Crippen LogP contribution in [0, 0.1) is 12.8 Å². The van der Waals surface area contributed by atoms with Gasteiger partial charge in [0.25, 0.3) is 0 Å². The highest BCUT2D eigenvalue weighted by atomic mass is 35.5. The predicted octanol–water partition coefficient (Wildman–Crippen LogP) is 2.55. The first kappa shape index (κ1) is 24.0. The van der Waals surface area contributed by atoms with Crippen LogP contribution in [0.1, 0.15) is 25.3 Å². The number of halogens is 2. The van der Waals surface area contributed by atoms with Crippen LogP contribution in [0.2, 0.25) is 0 Å². The second-order valence-corrected chi connectivity index (χ2v) is 7.65. The van der Waals surface area contributed by atoms with Crippen LogP contribution in [0.3, 0.4) is 0 Å². The van der Waals surface area contributed by atoms with E-state index in [1.54, 1.807) is 0 Å². The summed E-state index contributed by atoms with van der Waals surface area (Å²) in [6.07, 6.45) is 1.68. The molecule has 2 N–H and O–H groups in total. The highest BCUT2D eigenvalue weighted by Crippen LogP contribution is 2.23. The molecule has 2 aliphatic rings. The summed E-state index contributed by atoms with van der Waals surface area (Å²) in [7, 11) is 0. The first-order chi connectivity index (χ1) is 12.1. The van der Waals surface area contributed by atoms with E-state index in [0.29, 0.717) is 30.8 Å². The zero-order valence-corrected chi connectivity index (χ0v) is 18.1. The molecule has 0 aromatic heterocycles. The standard InChI is InChI=1S/C20H32N4O.2ClH/c1-16-4-3-5-19(12-16)23-10-8-22(9-11-23)7-6-20(25)24-15-18(14-21)13-17(24)2;;/h3-5,12,17-18H,6-11,13-15,21H2,1-2H3;2*1H. The Balaban J connectivity index is 0.00000182. The van der Waals surface area contributed by atoms with Crippen molar-refractivity contribution in [2.45, 2.75) is 32.7 Å². The van der Waals surface area contributed by atoms with E-state index < -0.39 is 0 Å². The molecular weight excluding hydrogens is 383 g/mol. The number of hydrogen-bond acceptors (Lipinski definition) is 4. The van der Waals surface area contributed by atoms with Crippen LogP contribution in [0.4, 0.5) is 5.69 Å². The third-order valence-electron chi connectivity index (χ3n) is 5.70. The van der Waals surface area contributed by atoms with Crippen LogP contribution in [-0.4, -0.2) is 67.6 Å². The lowest BCUT2D eigenvalue weighted by Crippen LogP contribution is -2.47. The van der Waals surface area contributed by atoms with E-state index in [2.05, 4.69) is 47.9 Å². The minimum absolute atomic E-state index is 0. The number of aryl methyl sites for hydroxylation is 1. The van der Waals surface area contributed by atoms with Crippen molar-refractivity contribution in [3.8, 4) is 0 Å². The quantitative estimate of drug-likeness (QED) is 0.800. The van der Waals surface area contributed by atoms with Crippen molar-refractivity contribution in [2.75, 3.05) is 50.7 Å². The lowest BCUT2D eigenvalue weighted by molar-refractivity contribution is -0.132. The highest BCUT2D eigenvalue weighted by Gasteiger charge is 2.31. The normalized spacial score (nSPS) is 22.9. The average Bonchev–Trinajstić information content (AvgIpc) is 3.01. The van der Waals surface area contributed by atoms with E-state index in [1.165, 1.54) is 11.3 Å². The van der Waals surface area contributed by atoms with E-state index in [1.807, 2.05) is 4.90 Å². The molecule has 2 saturated heterocycles. The van der Waals surface area contributed by atoms with Crippen LogP contribution in [-0.2, 0) is 4.79 Å². The summed E-state index contributed by atoms with van der Waals surface area (Å²) in [5.41, 5.74) is 8.39. The molecule has 2 heterocycles. The van der Waals surface area contributed by atoms with E-state index in [-0.39, 0.29) is 24.8 Å². The summed E-state index contributed by atoms with van der Waals surface area (Å²) in [6.45, 7) is 10.8. The monoisotopic (exact) mass is 416 g/mol. The van der Waals surface area contributed by atoms with Gasteiger partial charge in [-0.15, -0.1) is 24.8 Å². The Kier molecular flexibility index (Phi) is 9.88. The van der Waals surface area contributed by atoms with Gasteiger partial charge >= 0.3 is 0 Å². The molecule has 7 heteroatoms. The molecule has 27 heavy (non-hydrogen) atoms. The predicted molar refractivity (Wildman–Crippen MR) is 117 cm³/mol. The van der Waals surface area contributed by atoms with E-state index in [4.69, 9.17) is 5.73 Å². The van der Waals surface area contributed by atoms with Crippen LogP contribution in [0.25, 0.3) is 0 Å². The topological polar surface area (TPSA) is 52.8 Å². The van der Waals surface area contributed by atoms with Crippen molar-refractivity contribution >= 4 is 36.4 Å². The van der Waals surface area contributed by atoms with E-state index in [9.17, 15) is 4.79 Å². The van der Waals surface area contributed by atoms with Gasteiger partial charge in [0.1, 0.15) is 0 Å². The first-order valence-electron chi connectivity index (χ1n) is 9.60. The number of nitrogens with zero attached hydrogens (tertiary/aromatic N) is 3. The number of likely N-dealkylation sites (tertiary alicyclic amines) is 1. The van der Waals surface area contributed by atoms with Gasteiger partial charge in [-0.25, -0.2) is 0 Å². The molecule has 0 spiro atoms. The second kappa shape index (κ2) is 11.1. The molecule has 2 unspecified atom stereocenters. The van der Waals surface area contributed by atoms with Crippen LogP contribution < -0.4 is 10.6 Å². The fourth-order valence-corrected chi connectivity index (χ4v) is 4.11. The number of amides is 1. The number of anilines is 1. The van der Waals surface area contributed by atoms with Crippen LogP contribution in [0.15, 0.2) is 24.3 Å². The molecule has 1 amide bonds. The highest BCUT2D eigenvalue weighted by molar-refractivity contribution is 5.85. The molecule has 5 nitrogen and oxygen atoms in total. The number of nitrogens with two attached hydrogens (primary N) is 1. The Hall–Kier alpha value is -1.01. The summed E-state index contributed by atoms with van der Waals surface area (Å²) < 4.78 is 0. The molecule has 3 rings (SSSR count). The zero-order chi connectivity index (χ0) is 17.8. The fraction of sp³-hybridized carbons (Fsp3) is 0.650. The minimum atomic E-state index is 0. The summed E-state index contributed by atoms with van der Waals surface area (Å²) in [5, 5.41) is 0. The second-order valence-electron chi connectivity index (χ2n) is 7.65. The Morgan fingerprint density at radius 2 is 1.89 bits per heavy atom. The number of piperazine rings is 1. The first-order valence-corrected chi connectivity index (χ1v) is 9.60. The molecule has 0 bridgehead atoms. The largest absolute Gasteiger partial charge is 0.369 e. The Morgan fingerprint density at radius 3 is 2.48 bits per heavy atom. The van der Waals surface area contributed by atoms with Gasteiger partial charge in [0.15, 0.2) is 0 Å². The van der Waals surface area contributed by atoms with Gasteiger partial charge < -0.3 is 15.5 Å². The van der Waals surface area contributed by atoms with Gasteiger partial charge in [-0.05, 0) is 50.4 Å². The van der Waals surface area contributed by atoms with E-state index in [0.717, 1.165) is 45.7 Å². The Labute approximate surface area is 176 Å². The molecule has 0 radical (unpaired) electrons. The third-order valence-corrected chi connectivity index (χ3v) is 5.70. The molecule has 0 aliphatic carbocycles. The average molecular weight is 417 g/mol. The van der Waals surface area contributed by atoms with Crippen molar-refractivity contribution in [2.24, 2.45) is 11.7 Å². The molecule has 2 fully saturated rings. The molecule has 1 aromatic carbocycles. The van der Waals surface area contributed by atoms with Crippen molar-refractivity contribution in [1.82, 2.24) is 9.80 Å². The molecule has 154 valence electrons. The minimum Gasteiger partial charge on any atom is -0.369 e. The van der Waals surface area contributed by atoms with Crippen LogP contribution in [0.5, 0.6) is 0 Å². The van der Waals surface area contributed by atoms with Crippen molar-refractivity contribution in [3.05, 3.63) is 29.8 Å². The number of carbonyl (C=O) groups is 1. The molecule has 2 atom stereocenters. The smallest absolute Gasteiger partial charge is 0.224 e. The fourth-order valence-electron chi connectivity index (χ4n) is 4.11. The van der Waals surface area contributed by atoms with Gasteiger partial charge in [0.2, 0.25) is 5.91 Å².